The van der Waals surface area contributed by atoms with Crippen LogP contribution in [0.1, 0.15) is 11.1 Å². The molecule has 2 aromatic rings. The number of ether oxygens (including phenoxy) is 2. The van der Waals surface area contributed by atoms with Gasteiger partial charge in [-0.15, -0.1) is 0 Å². The van der Waals surface area contributed by atoms with E-state index in [9.17, 15) is 140 Å². The van der Waals surface area contributed by atoms with Crippen molar-refractivity contribution in [3.05, 3.63) is 47.8 Å². The molecule has 0 saturated carbocycles. The molecule has 0 bridgehead atoms. The van der Waals surface area contributed by atoms with Gasteiger partial charge in [-0.05, 0) is 35.4 Å². The molecule has 0 amide bonds. The fourth-order valence-corrected chi connectivity index (χ4v) is 4.52. The summed E-state index contributed by atoms with van der Waals surface area (Å²) in [6.45, 7) is -9.77. The first-order valence-corrected chi connectivity index (χ1v) is 20.2. The molecule has 0 N–H and O–H groups in total. The molecular weight excluding hydrogens is 1210 g/mol. The molecule has 0 radical (unpaired) electrons. The van der Waals surface area contributed by atoms with E-state index in [0.717, 1.165) is 0 Å². The summed E-state index contributed by atoms with van der Waals surface area (Å²) in [5.74, 6) is -113. The Bertz CT molecular complexity index is 1880. The molecule has 2 aromatic heterocycles. The number of halogens is 34. The second kappa shape index (κ2) is 20.6. The van der Waals surface area contributed by atoms with Crippen LogP contribution < -0.4 is 0 Å². The summed E-state index contributed by atoms with van der Waals surface area (Å²) < 4.78 is 441. The predicted octanol–water partition coefficient (Wildman–Crippen LogP) is 14.0. The summed E-state index contributed by atoms with van der Waals surface area (Å²) in [4.78, 5) is 7.04. The summed E-state index contributed by atoms with van der Waals surface area (Å²) in [6.07, 6.45) is -11.0. The van der Waals surface area contributed by atoms with Crippen LogP contribution in [0.2, 0.25) is 0 Å². The maximum absolute atomic E-state index is 14.2. The van der Waals surface area contributed by atoms with Crippen molar-refractivity contribution in [1.82, 2.24) is 9.97 Å². The van der Waals surface area contributed by atoms with Gasteiger partial charge in [0.1, 0.15) is 13.2 Å². The molecule has 0 saturated heterocycles. The van der Waals surface area contributed by atoms with Crippen molar-refractivity contribution in [2.75, 3.05) is 13.2 Å². The third-order valence-corrected chi connectivity index (χ3v) is 8.47. The number of pyridine rings is 2. The molecule has 4 nitrogen and oxygen atoms in total. The van der Waals surface area contributed by atoms with Gasteiger partial charge in [0.15, 0.2) is 0 Å². The first kappa shape index (κ1) is 64.2. The monoisotopic (exact) mass is 1220 g/mol. The topological polar surface area (TPSA) is 44.2 Å². The standard InChI is InChI=1S/C30H16F32N2O2.2ClH.Pd/c31-15(32)19(39,40)23(47,48)27(55,56)29(59,60)25(51,52)21(43,44)17(35,36)9-65-7-11-1-3-63-13(5-11)14-6-12(2-4-64-14)8-66-10-18(37,38)22(45,46)26(53,54)30(61,62)28(57,58)24(49,50)20(41,42)16(33)34;;;/h1-6,15-16H,7-10H2;2*1H;/q;;;+2/p-2. The third kappa shape index (κ3) is 10.8. The van der Waals surface area contributed by atoms with E-state index >= 15 is 0 Å². The van der Waals surface area contributed by atoms with Crippen molar-refractivity contribution in [1.29, 1.82) is 0 Å². The molecule has 0 atom stereocenters. The molecular formula is C30H16Cl2F32N2O2Pd. The summed E-state index contributed by atoms with van der Waals surface area (Å²) >= 11 is -0.106. The van der Waals surface area contributed by atoms with Gasteiger partial charge in [0.05, 0.1) is 24.6 Å². The van der Waals surface area contributed by atoms with E-state index in [4.69, 9.17) is 19.1 Å². The molecule has 0 aromatic carbocycles. The zero-order valence-corrected chi connectivity index (χ0v) is 34.4. The van der Waals surface area contributed by atoms with Crippen LogP contribution in [0, 0.1) is 0 Å². The number of hydrogen-bond donors (Lipinski definition) is 0. The van der Waals surface area contributed by atoms with Crippen molar-refractivity contribution in [2.45, 2.75) is 109 Å². The van der Waals surface area contributed by atoms with Crippen molar-refractivity contribution in [3.8, 4) is 11.4 Å². The SMILES string of the molecule is FC(F)C(F)(F)C(F)(F)C(F)(F)C(F)(F)C(F)(F)C(F)(F)C(F)(F)COCc1ccnc(-c2cc(COCC(F)(F)C(F)(F)C(F)(F)C(F)(F)C(F)(F)C(F)(F)C(F)(F)C(F)F)ccn2)c1.[Cl][Pd][Cl]. The summed E-state index contributed by atoms with van der Waals surface area (Å²) in [6, 6.07) is 2.35. The molecule has 2 heterocycles. The van der Waals surface area contributed by atoms with Gasteiger partial charge < -0.3 is 9.47 Å². The first-order valence-electron chi connectivity index (χ1n) is 16.2. The van der Waals surface area contributed by atoms with E-state index in [2.05, 4.69) is 19.4 Å². The van der Waals surface area contributed by atoms with Gasteiger partial charge in [-0.2, -0.15) is 123 Å². The van der Waals surface area contributed by atoms with E-state index in [1.807, 2.05) is 0 Å². The molecule has 2 rings (SSSR count). The van der Waals surface area contributed by atoms with Gasteiger partial charge in [0.25, 0.3) is 0 Å². The molecule has 39 heteroatoms. The van der Waals surface area contributed by atoms with Gasteiger partial charge in [-0.1, -0.05) is 0 Å². The van der Waals surface area contributed by atoms with Crippen molar-refractivity contribution < 1.29 is 166 Å². The normalized spacial score (nSPS) is 15.2. The van der Waals surface area contributed by atoms with Crippen LogP contribution in [0.15, 0.2) is 36.7 Å². The third-order valence-electron chi connectivity index (χ3n) is 8.47. The van der Waals surface area contributed by atoms with E-state index in [0.29, 0.717) is 36.7 Å². The summed E-state index contributed by atoms with van der Waals surface area (Å²) in [7, 11) is 9.63. The Kier molecular flexibility index (Phi) is 19.2. The van der Waals surface area contributed by atoms with Crippen LogP contribution in [-0.2, 0) is 38.6 Å². The van der Waals surface area contributed by atoms with Crippen LogP contribution in [0.5, 0.6) is 0 Å². The van der Waals surface area contributed by atoms with Gasteiger partial charge >= 0.3 is 131 Å². The molecule has 0 spiro atoms. The Balaban J connectivity index is 0.00000772. The molecule has 406 valence electrons. The number of hydrogen-bond acceptors (Lipinski definition) is 4. The van der Waals surface area contributed by atoms with Gasteiger partial charge in [-0.3, -0.25) is 9.97 Å². The number of alkyl halides is 32. The van der Waals surface area contributed by atoms with Crippen molar-refractivity contribution in [2.24, 2.45) is 0 Å². The van der Waals surface area contributed by atoms with Gasteiger partial charge in [-0.25, -0.2) is 17.6 Å². The molecule has 69 heavy (non-hydrogen) atoms. The zero-order valence-electron chi connectivity index (χ0n) is 31.3. The second-order valence-corrected chi connectivity index (χ2v) is 15.5. The van der Waals surface area contributed by atoms with Gasteiger partial charge in [0.2, 0.25) is 0 Å². The van der Waals surface area contributed by atoms with Crippen molar-refractivity contribution >= 4 is 19.1 Å². The van der Waals surface area contributed by atoms with Crippen LogP contribution in [0.4, 0.5) is 140 Å². The Morgan fingerprint density at radius 3 is 0.841 bits per heavy atom. The van der Waals surface area contributed by atoms with Crippen LogP contribution in [0.3, 0.4) is 0 Å². The summed E-state index contributed by atoms with van der Waals surface area (Å²) in [5, 5.41) is 0. The van der Waals surface area contributed by atoms with Gasteiger partial charge in [0, 0.05) is 12.4 Å². The van der Waals surface area contributed by atoms with Crippen LogP contribution in [-0.4, -0.2) is 119 Å². The fraction of sp³-hybridized carbons (Fsp3) is 0.667. The molecule has 0 fully saturated rings. The number of rotatable bonds is 23. The van der Waals surface area contributed by atoms with Crippen LogP contribution in [0.25, 0.3) is 11.4 Å². The van der Waals surface area contributed by atoms with E-state index in [1.54, 1.807) is 0 Å². The molecule has 0 aliphatic heterocycles. The quantitative estimate of drug-likeness (QED) is 0.0822. The minimum atomic E-state index is -8.69. The van der Waals surface area contributed by atoms with E-state index < -0.39 is 145 Å². The molecule has 0 aliphatic rings. The Morgan fingerprint density at radius 1 is 0.391 bits per heavy atom. The maximum atomic E-state index is 14.2. The second-order valence-electron chi connectivity index (χ2n) is 13.1. The Morgan fingerprint density at radius 2 is 0.609 bits per heavy atom. The number of nitrogens with zero attached hydrogens (tertiary/aromatic N) is 2. The number of aromatic nitrogens is 2. The fourth-order valence-electron chi connectivity index (χ4n) is 4.52. The average Bonchev–Trinajstić information content (AvgIpc) is 3.20. The molecule has 0 unspecified atom stereocenters. The summed E-state index contributed by atoms with van der Waals surface area (Å²) in [5.41, 5.74) is -2.67. The van der Waals surface area contributed by atoms with Crippen LogP contribution >= 0.6 is 19.1 Å². The Labute approximate surface area is 376 Å². The minimum absolute atomic E-state index is 0.106. The zero-order chi connectivity index (χ0) is 55.1. The average molecular weight is 1220 g/mol. The predicted molar refractivity (Wildman–Crippen MR) is 160 cm³/mol. The molecule has 0 aliphatic carbocycles. The first-order chi connectivity index (χ1) is 30.4. The Hall–Kier alpha value is -2.78. The van der Waals surface area contributed by atoms with E-state index in [1.165, 1.54) is 0 Å². The van der Waals surface area contributed by atoms with E-state index in [-0.39, 0.29) is 15.9 Å². The van der Waals surface area contributed by atoms with Crippen molar-refractivity contribution in [3.63, 3.8) is 0 Å².